The molecule has 0 unspecified atom stereocenters. The maximum Gasteiger partial charge on any atom is 0.0559 e. The monoisotopic (exact) mass is 458 g/mol. The molecular weight excluding hydrogens is 455 g/mol. The van der Waals surface area contributed by atoms with Gasteiger partial charge in [-0.2, -0.15) is 0 Å². The molecule has 0 nitrogen and oxygen atoms in total. The van der Waals surface area contributed by atoms with E-state index in [1.54, 1.807) is 0 Å². The Kier molecular flexibility index (Phi) is 7.12. The van der Waals surface area contributed by atoms with Crippen molar-refractivity contribution in [3.8, 4) is 0 Å². The highest BCUT2D eigenvalue weighted by Crippen LogP contribution is 2.29. The summed E-state index contributed by atoms with van der Waals surface area (Å²) in [6.07, 6.45) is 0. The molecule has 0 heterocycles. The fraction of sp³-hybridized carbons (Fsp3) is 0. The highest BCUT2D eigenvalue weighted by Gasteiger charge is 1.97. The van der Waals surface area contributed by atoms with Gasteiger partial charge < -0.3 is 0 Å². The Morgan fingerprint density at radius 2 is 1.18 bits per heavy atom. The minimum atomic E-state index is 0.726. The summed E-state index contributed by atoms with van der Waals surface area (Å²) in [6.45, 7) is 0. The van der Waals surface area contributed by atoms with Gasteiger partial charge in [-0.3, -0.25) is 0 Å². The molecular formula is C12H7Br3Cl2. The molecule has 0 atom stereocenters. The molecule has 2 aromatic rings. The summed E-state index contributed by atoms with van der Waals surface area (Å²) in [7, 11) is 0. The highest BCUT2D eigenvalue weighted by atomic mass is 79.9. The van der Waals surface area contributed by atoms with E-state index in [2.05, 4.69) is 47.8 Å². The van der Waals surface area contributed by atoms with Crippen LogP contribution in [0.15, 0.2) is 55.9 Å². The Morgan fingerprint density at radius 3 is 1.59 bits per heavy atom. The SMILES string of the molecule is Clc1cccc(Br)c1Br.Clc1ccccc1Br. The minimum Gasteiger partial charge on any atom is -0.0831 e. The first kappa shape index (κ1) is 15.5. The van der Waals surface area contributed by atoms with E-state index in [0.717, 1.165) is 23.5 Å². The van der Waals surface area contributed by atoms with Gasteiger partial charge in [-0.1, -0.05) is 41.4 Å². The van der Waals surface area contributed by atoms with E-state index in [9.17, 15) is 0 Å². The van der Waals surface area contributed by atoms with Gasteiger partial charge in [-0.05, 0) is 72.1 Å². The molecule has 90 valence electrons. The summed E-state index contributed by atoms with van der Waals surface area (Å²) in [6, 6.07) is 13.2. The van der Waals surface area contributed by atoms with E-state index < -0.39 is 0 Å². The smallest absolute Gasteiger partial charge is 0.0559 e. The van der Waals surface area contributed by atoms with E-state index in [0.29, 0.717) is 0 Å². The van der Waals surface area contributed by atoms with Gasteiger partial charge in [-0.15, -0.1) is 0 Å². The van der Waals surface area contributed by atoms with Crippen molar-refractivity contribution in [3.05, 3.63) is 65.9 Å². The molecule has 0 N–H and O–H groups in total. The molecule has 0 saturated carbocycles. The van der Waals surface area contributed by atoms with Gasteiger partial charge in [0.2, 0.25) is 0 Å². The molecule has 0 amide bonds. The van der Waals surface area contributed by atoms with Gasteiger partial charge in [0.1, 0.15) is 0 Å². The predicted octanol–water partition coefficient (Wildman–Crippen LogP) is 6.97. The standard InChI is InChI=1S/C6H3Br2Cl.C6H4BrCl/c7-4-2-1-3-5(9)6(4)8;7-5-3-1-2-4-6(5)8/h1-3H;1-4H. The molecule has 17 heavy (non-hydrogen) atoms. The Balaban J connectivity index is 0.000000171. The molecule has 2 rings (SSSR count). The Bertz CT molecular complexity index is 460. The van der Waals surface area contributed by atoms with Crippen LogP contribution in [0.4, 0.5) is 0 Å². The molecule has 0 fully saturated rings. The second-order valence-electron chi connectivity index (χ2n) is 2.95. The zero-order chi connectivity index (χ0) is 12.8. The van der Waals surface area contributed by atoms with Crippen LogP contribution in [0.2, 0.25) is 10.0 Å². The third-order valence-corrected chi connectivity index (χ3v) is 5.57. The largest absolute Gasteiger partial charge is 0.0831 e. The normalized spacial score (nSPS) is 9.47. The average Bonchev–Trinajstić information content (AvgIpc) is 2.31. The van der Waals surface area contributed by atoms with Crippen LogP contribution < -0.4 is 0 Å². The van der Waals surface area contributed by atoms with Crippen LogP contribution in [0.5, 0.6) is 0 Å². The minimum absolute atomic E-state index is 0.726. The van der Waals surface area contributed by atoms with Crippen molar-refractivity contribution in [2.75, 3.05) is 0 Å². The summed E-state index contributed by atoms with van der Waals surface area (Å²) in [4.78, 5) is 0. The number of halogens is 5. The maximum absolute atomic E-state index is 5.74. The highest BCUT2D eigenvalue weighted by molar-refractivity contribution is 9.13. The predicted molar refractivity (Wildman–Crippen MR) is 86.0 cm³/mol. The molecule has 0 aromatic heterocycles. The van der Waals surface area contributed by atoms with Crippen molar-refractivity contribution in [2.24, 2.45) is 0 Å². The summed E-state index contributed by atoms with van der Waals surface area (Å²) in [5.41, 5.74) is 0. The number of hydrogen-bond acceptors (Lipinski definition) is 0. The molecule has 2 aromatic carbocycles. The van der Waals surface area contributed by atoms with E-state index in [4.69, 9.17) is 23.2 Å². The van der Waals surface area contributed by atoms with Crippen LogP contribution >= 0.6 is 71.0 Å². The Hall–Kier alpha value is 0.460. The van der Waals surface area contributed by atoms with Crippen molar-refractivity contribution < 1.29 is 0 Å². The van der Waals surface area contributed by atoms with E-state index >= 15 is 0 Å². The summed E-state index contributed by atoms with van der Waals surface area (Å²) >= 11 is 21.3. The second-order valence-corrected chi connectivity index (χ2v) is 6.27. The fourth-order valence-corrected chi connectivity index (χ4v) is 2.26. The van der Waals surface area contributed by atoms with E-state index in [-0.39, 0.29) is 0 Å². The second kappa shape index (κ2) is 7.80. The van der Waals surface area contributed by atoms with Gasteiger partial charge in [0, 0.05) is 8.95 Å². The van der Waals surface area contributed by atoms with Gasteiger partial charge >= 0.3 is 0 Å². The molecule has 0 saturated heterocycles. The molecule has 0 aliphatic carbocycles. The Morgan fingerprint density at radius 1 is 0.647 bits per heavy atom. The van der Waals surface area contributed by atoms with Crippen LogP contribution in [0, 0.1) is 0 Å². The molecule has 0 radical (unpaired) electrons. The number of benzene rings is 2. The topological polar surface area (TPSA) is 0 Å². The van der Waals surface area contributed by atoms with Crippen molar-refractivity contribution in [1.29, 1.82) is 0 Å². The Labute approximate surface area is 136 Å². The van der Waals surface area contributed by atoms with Crippen LogP contribution in [0.1, 0.15) is 0 Å². The van der Waals surface area contributed by atoms with Crippen molar-refractivity contribution >= 4 is 71.0 Å². The fourth-order valence-electron chi connectivity index (χ4n) is 0.917. The molecule has 0 spiro atoms. The first-order valence-electron chi connectivity index (χ1n) is 4.52. The molecule has 0 aliphatic rings. The van der Waals surface area contributed by atoms with E-state index in [1.165, 1.54) is 0 Å². The maximum atomic E-state index is 5.74. The summed E-state index contributed by atoms with van der Waals surface area (Å²) < 4.78 is 2.84. The molecule has 0 aliphatic heterocycles. The zero-order valence-corrected chi connectivity index (χ0v) is 14.7. The van der Waals surface area contributed by atoms with Gasteiger partial charge in [0.15, 0.2) is 0 Å². The zero-order valence-electron chi connectivity index (χ0n) is 8.43. The summed E-state index contributed by atoms with van der Waals surface area (Å²) in [5.74, 6) is 0. The van der Waals surface area contributed by atoms with Crippen LogP contribution in [-0.4, -0.2) is 0 Å². The van der Waals surface area contributed by atoms with Crippen molar-refractivity contribution in [3.63, 3.8) is 0 Å². The molecule has 5 heteroatoms. The number of hydrogen-bond donors (Lipinski definition) is 0. The van der Waals surface area contributed by atoms with Crippen LogP contribution in [0.25, 0.3) is 0 Å². The average molecular weight is 462 g/mol. The first-order chi connectivity index (χ1) is 8.02. The quantitative estimate of drug-likeness (QED) is 0.372. The van der Waals surface area contributed by atoms with Gasteiger partial charge in [0.25, 0.3) is 0 Å². The third-order valence-electron chi connectivity index (χ3n) is 1.73. The lowest BCUT2D eigenvalue weighted by Gasteiger charge is -1.95. The lowest BCUT2D eigenvalue weighted by molar-refractivity contribution is 1.59. The lowest BCUT2D eigenvalue weighted by Crippen LogP contribution is -1.68. The van der Waals surface area contributed by atoms with E-state index in [1.807, 2.05) is 42.5 Å². The van der Waals surface area contributed by atoms with Crippen molar-refractivity contribution in [1.82, 2.24) is 0 Å². The lowest BCUT2D eigenvalue weighted by atomic mass is 10.4. The van der Waals surface area contributed by atoms with Crippen LogP contribution in [0.3, 0.4) is 0 Å². The van der Waals surface area contributed by atoms with Gasteiger partial charge in [-0.25, -0.2) is 0 Å². The first-order valence-corrected chi connectivity index (χ1v) is 7.65. The number of rotatable bonds is 0. The van der Waals surface area contributed by atoms with Gasteiger partial charge in [0.05, 0.1) is 14.5 Å². The third kappa shape index (κ3) is 5.31. The van der Waals surface area contributed by atoms with Crippen LogP contribution in [-0.2, 0) is 0 Å². The van der Waals surface area contributed by atoms with Crippen molar-refractivity contribution in [2.45, 2.75) is 0 Å². The molecule has 0 bridgehead atoms. The summed E-state index contributed by atoms with van der Waals surface area (Å²) in [5, 5.41) is 1.48.